The van der Waals surface area contributed by atoms with Crippen LogP contribution in [0.3, 0.4) is 0 Å². The highest BCUT2D eigenvalue weighted by Crippen LogP contribution is 2.05. The van der Waals surface area contributed by atoms with E-state index in [2.05, 4.69) is 20.4 Å². The third kappa shape index (κ3) is 2.26. The quantitative estimate of drug-likeness (QED) is 0.719. The van der Waals surface area contributed by atoms with Crippen molar-refractivity contribution in [2.24, 2.45) is 5.73 Å². The van der Waals surface area contributed by atoms with Crippen LogP contribution < -0.4 is 11.1 Å². The molecule has 2 amide bonds. The minimum Gasteiger partial charge on any atom is -0.368 e. The highest BCUT2D eigenvalue weighted by Gasteiger charge is 2.14. The molecule has 3 N–H and O–H groups in total. The zero-order chi connectivity index (χ0) is 13.3. The second kappa shape index (κ2) is 4.40. The molecular formula is C10H12N6O2. The second-order valence-corrected chi connectivity index (χ2v) is 3.84. The van der Waals surface area contributed by atoms with E-state index in [0.29, 0.717) is 5.78 Å². The Morgan fingerprint density at radius 3 is 2.78 bits per heavy atom. The van der Waals surface area contributed by atoms with Gasteiger partial charge in [0, 0.05) is 11.4 Å². The number of carbonyl (C=O) groups is 2. The number of rotatable bonds is 3. The molecule has 0 saturated heterocycles. The minimum absolute atomic E-state index is 0.0440. The summed E-state index contributed by atoms with van der Waals surface area (Å²) in [6.45, 7) is 3.41. The van der Waals surface area contributed by atoms with Crippen molar-refractivity contribution in [2.75, 3.05) is 6.54 Å². The Bertz CT molecular complexity index is 633. The topological polar surface area (TPSA) is 115 Å². The fourth-order valence-electron chi connectivity index (χ4n) is 1.51. The normalized spacial score (nSPS) is 10.6. The van der Waals surface area contributed by atoms with Crippen molar-refractivity contribution >= 4 is 17.6 Å². The van der Waals surface area contributed by atoms with E-state index in [1.807, 2.05) is 19.9 Å². The molecule has 0 radical (unpaired) electrons. The molecule has 0 fully saturated rings. The van der Waals surface area contributed by atoms with E-state index in [4.69, 9.17) is 5.73 Å². The molecule has 8 nitrogen and oxygen atoms in total. The van der Waals surface area contributed by atoms with Crippen LogP contribution in [0.5, 0.6) is 0 Å². The molecule has 0 aliphatic rings. The molecule has 2 heterocycles. The smallest absolute Gasteiger partial charge is 0.291 e. The number of fused-ring (bicyclic) bond motifs is 1. The molecule has 2 aromatic heterocycles. The number of hydrogen-bond donors (Lipinski definition) is 2. The number of carbonyl (C=O) groups excluding carboxylic acids is 2. The van der Waals surface area contributed by atoms with Gasteiger partial charge in [-0.25, -0.2) is 9.50 Å². The molecule has 0 atom stereocenters. The molecule has 18 heavy (non-hydrogen) atoms. The van der Waals surface area contributed by atoms with E-state index in [0.717, 1.165) is 11.4 Å². The molecular weight excluding hydrogens is 236 g/mol. The van der Waals surface area contributed by atoms with Gasteiger partial charge in [-0.15, -0.1) is 5.10 Å². The molecule has 0 aliphatic heterocycles. The predicted molar refractivity (Wildman–Crippen MR) is 61.8 cm³/mol. The van der Waals surface area contributed by atoms with Crippen molar-refractivity contribution in [3.63, 3.8) is 0 Å². The maximum atomic E-state index is 11.6. The summed E-state index contributed by atoms with van der Waals surface area (Å²) in [5.41, 5.74) is 6.53. The molecule has 0 aromatic carbocycles. The highest BCUT2D eigenvalue weighted by molar-refractivity contribution is 5.93. The summed E-state index contributed by atoms with van der Waals surface area (Å²) in [6.07, 6.45) is 0. The van der Waals surface area contributed by atoms with Crippen molar-refractivity contribution in [2.45, 2.75) is 13.8 Å². The van der Waals surface area contributed by atoms with Crippen LogP contribution in [0.25, 0.3) is 5.78 Å². The standard InChI is InChI=1S/C10H12N6O2/c1-5-3-6(2)16-10(13-5)14-8(15-16)9(18)12-4-7(11)17/h3H,4H2,1-2H3,(H2,11,17)(H,12,18). The van der Waals surface area contributed by atoms with Gasteiger partial charge in [0.05, 0.1) is 6.54 Å². The van der Waals surface area contributed by atoms with Crippen molar-refractivity contribution in [3.05, 3.63) is 23.3 Å². The number of aryl methyl sites for hydroxylation is 2. The lowest BCUT2D eigenvalue weighted by atomic mass is 10.4. The fraction of sp³-hybridized carbons (Fsp3) is 0.300. The molecule has 0 unspecified atom stereocenters. The molecule has 8 heteroatoms. The fourth-order valence-corrected chi connectivity index (χ4v) is 1.51. The van der Waals surface area contributed by atoms with Crippen LogP contribution in [0.15, 0.2) is 6.07 Å². The lowest BCUT2D eigenvalue weighted by Gasteiger charge is -1.97. The van der Waals surface area contributed by atoms with Crippen LogP contribution in [0, 0.1) is 13.8 Å². The van der Waals surface area contributed by atoms with E-state index < -0.39 is 11.8 Å². The molecule has 0 aliphatic carbocycles. The molecule has 2 aromatic rings. The van der Waals surface area contributed by atoms with Crippen LogP contribution in [0.1, 0.15) is 22.0 Å². The molecule has 0 bridgehead atoms. The number of primary amides is 1. The van der Waals surface area contributed by atoms with E-state index in [1.165, 1.54) is 4.52 Å². The first kappa shape index (κ1) is 12.0. The predicted octanol–water partition coefficient (Wildman–Crippen LogP) is -1.04. The van der Waals surface area contributed by atoms with E-state index in [-0.39, 0.29) is 12.4 Å². The van der Waals surface area contributed by atoms with Crippen LogP contribution in [-0.4, -0.2) is 37.9 Å². The SMILES string of the molecule is Cc1cc(C)n2nc(C(=O)NCC(N)=O)nc2n1. The number of nitrogens with one attached hydrogen (secondary N) is 1. The largest absolute Gasteiger partial charge is 0.368 e. The number of nitrogens with two attached hydrogens (primary N) is 1. The van der Waals surface area contributed by atoms with Gasteiger partial charge in [0.1, 0.15) is 0 Å². The van der Waals surface area contributed by atoms with Crippen LogP contribution in [-0.2, 0) is 4.79 Å². The van der Waals surface area contributed by atoms with Crippen molar-refractivity contribution in [1.29, 1.82) is 0 Å². The van der Waals surface area contributed by atoms with Crippen LogP contribution in [0.2, 0.25) is 0 Å². The van der Waals surface area contributed by atoms with Crippen LogP contribution in [0.4, 0.5) is 0 Å². The lowest BCUT2D eigenvalue weighted by molar-refractivity contribution is -0.117. The van der Waals surface area contributed by atoms with Crippen molar-refractivity contribution in [1.82, 2.24) is 24.9 Å². The van der Waals surface area contributed by atoms with E-state index in [1.54, 1.807) is 0 Å². The van der Waals surface area contributed by atoms with Crippen molar-refractivity contribution < 1.29 is 9.59 Å². The first-order valence-electron chi connectivity index (χ1n) is 5.25. The molecule has 0 saturated carbocycles. The summed E-state index contributed by atoms with van der Waals surface area (Å²) in [5.74, 6) is -0.886. The van der Waals surface area contributed by atoms with Gasteiger partial charge in [-0.1, -0.05) is 0 Å². The Kier molecular flexibility index (Phi) is 2.92. The number of amides is 2. The molecule has 2 rings (SSSR count). The van der Waals surface area contributed by atoms with Gasteiger partial charge < -0.3 is 11.1 Å². The van der Waals surface area contributed by atoms with Gasteiger partial charge >= 0.3 is 0 Å². The third-order valence-electron chi connectivity index (χ3n) is 2.24. The summed E-state index contributed by atoms with van der Waals surface area (Å²) in [6, 6.07) is 1.83. The maximum Gasteiger partial charge on any atom is 0.291 e. The minimum atomic E-state index is -0.628. The summed E-state index contributed by atoms with van der Waals surface area (Å²) < 4.78 is 1.46. The zero-order valence-electron chi connectivity index (χ0n) is 9.97. The third-order valence-corrected chi connectivity index (χ3v) is 2.24. The summed E-state index contributed by atoms with van der Waals surface area (Å²) in [5, 5.41) is 6.32. The van der Waals surface area contributed by atoms with Gasteiger partial charge in [0.15, 0.2) is 0 Å². The average Bonchev–Trinajstić information content (AvgIpc) is 2.69. The Morgan fingerprint density at radius 1 is 1.39 bits per heavy atom. The Balaban J connectivity index is 2.32. The Morgan fingerprint density at radius 2 is 2.11 bits per heavy atom. The number of nitrogens with zero attached hydrogens (tertiary/aromatic N) is 4. The van der Waals surface area contributed by atoms with Gasteiger partial charge in [-0.3, -0.25) is 9.59 Å². The zero-order valence-corrected chi connectivity index (χ0v) is 9.97. The van der Waals surface area contributed by atoms with Crippen molar-refractivity contribution in [3.8, 4) is 0 Å². The summed E-state index contributed by atoms with van der Waals surface area (Å²) in [7, 11) is 0. The van der Waals surface area contributed by atoms with Gasteiger partial charge in [-0.05, 0) is 19.9 Å². The van der Waals surface area contributed by atoms with E-state index >= 15 is 0 Å². The Hall–Kier alpha value is -2.51. The summed E-state index contributed by atoms with van der Waals surface area (Å²) >= 11 is 0. The van der Waals surface area contributed by atoms with Gasteiger partial charge in [-0.2, -0.15) is 4.98 Å². The highest BCUT2D eigenvalue weighted by atomic mass is 16.2. The lowest BCUT2D eigenvalue weighted by Crippen LogP contribution is -2.33. The van der Waals surface area contributed by atoms with Crippen LogP contribution >= 0.6 is 0 Å². The first-order chi connectivity index (χ1) is 8.47. The summed E-state index contributed by atoms with van der Waals surface area (Å²) in [4.78, 5) is 30.3. The maximum absolute atomic E-state index is 11.6. The monoisotopic (exact) mass is 248 g/mol. The first-order valence-corrected chi connectivity index (χ1v) is 5.25. The molecule has 0 spiro atoms. The van der Waals surface area contributed by atoms with Gasteiger partial charge in [0.2, 0.25) is 11.7 Å². The van der Waals surface area contributed by atoms with E-state index in [9.17, 15) is 9.59 Å². The van der Waals surface area contributed by atoms with Gasteiger partial charge in [0.25, 0.3) is 11.7 Å². The number of aromatic nitrogens is 4. The number of hydrogen-bond acceptors (Lipinski definition) is 5. The average molecular weight is 248 g/mol. The Labute approximate surface area is 102 Å². The second-order valence-electron chi connectivity index (χ2n) is 3.84. The molecule has 94 valence electrons.